The van der Waals surface area contributed by atoms with Crippen LogP contribution in [0.5, 0.6) is 0 Å². The fourth-order valence-corrected chi connectivity index (χ4v) is 2.01. The van der Waals surface area contributed by atoms with Crippen LogP contribution in [0.15, 0.2) is 0 Å². The van der Waals surface area contributed by atoms with Gasteiger partial charge in [0.25, 0.3) is 0 Å². The van der Waals surface area contributed by atoms with Gasteiger partial charge in [0, 0.05) is 12.5 Å². The lowest BCUT2D eigenvalue weighted by Crippen LogP contribution is -2.32. The van der Waals surface area contributed by atoms with Crippen LogP contribution < -0.4 is 5.32 Å². The Morgan fingerprint density at radius 3 is 2.18 bits per heavy atom. The second-order valence-electron chi connectivity index (χ2n) is 5.13. The van der Waals surface area contributed by atoms with E-state index in [0.717, 1.165) is 12.8 Å². The number of amides is 1. The van der Waals surface area contributed by atoms with E-state index in [4.69, 9.17) is 0 Å². The maximum absolute atomic E-state index is 11.6. The average Bonchev–Trinajstić information content (AvgIpc) is 2.29. The zero-order valence-corrected chi connectivity index (χ0v) is 12.1. The standard InChI is InChI=1S/C15H31NO/c1-4-6-8-9-11-13-15(17)16-14(3)12-10-7-5-2/h14H,4-13H2,1-3H3,(H,16,17). The van der Waals surface area contributed by atoms with Gasteiger partial charge in [-0.15, -0.1) is 0 Å². The predicted molar refractivity (Wildman–Crippen MR) is 75.1 cm³/mol. The molecule has 1 atom stereocenters. The molecule has 0 fully saturated rings. The van der Waals surface area contributed by atoms with Crippen molar-refractivity contribution < 1.29 is 4.79 Å². The van der Waals surface area contributed by atoms with Crippen molar-refractivity contribution in [2.75, 3.05) is 0 Å². The maximum Gasteiger partial charge on any atom is 0.220 e. The molecule has 102 valence electrons. The van der Waals surface area contributed by atoms with Crippen molar-refractivity contribution >= 4 is 5.91 Å². The smallest absolute Gasteiger partial charge is 0.220 e. The van der Waals surface area contributed by atoms with E-state index in [0.29, 0.717) is 12.5 Å². The van der Waals surface area contributed by atoms with Gasteiger partial charge in [0.1, 0.15) is 0 Å². The van der Waals surface area contributed by atoms with Crippen LogP contribution in [0, 0.1) is 0 Å². The molecule has 0 aromatic carbocycles. The van der Waals surface area contributed by atoms with E-state index in [-0.39, 0.29) is 5.91 Å². The molecule has 1 amide bonds. The summed E-state index contributed by atoms with van der Waals surface area (Å²) in [6, 6.07) is 0.352. The zero-order chi connectivity index (χ0) is 12.9. The minimum absolute atomic E-state index is 0.241. The van der Waals surface area contributed by atoms with Crippen LogP contribution >= 0.6 is 0 Å². The molecule has 0 aliphatic rings. The second-order valence-corrected chi connectivity index (χ2v) is 5.13. The first-order valence-electron chi connectivity index (χ1n) is 7.50. The maximum atomic E-state index is 11.6. The number of hydrogen-bond acceptors (Lipinski definition) is 1. The number of carbonyl (C=O) groups excluding carboxylic acids is 1. The first-order chi connectivity index (χ1) is 8.20. The van der Waals surface area contributed by atoms with Gasteiger partial charge in [-0.05, 0) is 19.8 Å². The molecule has 2 nitrogen and oxygen atoms in total. The molecule has 17 heavy (non-hydrogen) atoms. The summed E-state index contributed by atoms with van der Waals surface area (Å²) >= 11 is 0. The molecule has 0 spiro atoms. The largest absolute Gasteiger partial charge is 0.354 e. The summed E-state index contributed by atoms with van der Waals surface area (Å²) in [6.07, 6.45) is 11.7. The Morgan fingerprint density at radius 2 is 1.53 bits per heavy atom. The topological polar surface area (TPSA) is 29.1 Å². The summed E-state index contributed by atoms with van der Waals surface area (Å²) in [5, 5.41) is 3.09. The number of rotatable bonds is 11. The van der Waals surface area contributed by atoms with E-state index >= 15 is 0 Å². The first kappa shape index (κ1) is 16.5. The van der Waals surface area contributed by atoms with Gasteiger partial charge in [0.2, 0.25) is 5.91 Å². The fraction of sp³-hybridized carbons (Fsp3) is 0.933. The third kappa shape index (κ3) is 11.7. The first-order valence-corrected chi connectivity index (χ1v) is 7.50. The number of hydrogen-bond donors (Lipinski definition) is 1. The highest BCUT2D eigenvalue weighted by Gasteiger charge is 2.06. The molecule has 1 N–H and O–H groups in total. The highest BCUT2D eigenvalue weighted by Crippen LogP contribution is 2.06. The lowest BCUT2D eigenvalue weighted by molar-refractivity contribution is -0.121. The third-order valence-electron chi connectivity index (χ3n) is 3.16. The quantitative estimate of drug-likeness (QED) is 0.533. The van der Waals surface area contributed by atoms with Crippen molar-refractivity contribution in [3.8, 4) is 0 Å². The van der Waals surface area contributed by atoms with Crippen molar-refractivity contribution in [1.29, 1.82) is 0 Å². The second kappa shape index (κ2) is 11.9. The molecular weight excluding hydrogens is 210 g/mol. The van der Waals surface area contributed by atoms with Gasteiger partial charge in [0.05, 0.1) is 0 Å². The Kier molecular flexibility index (Phi) is 11.6. The summed E-state index contributed by atoms with van der Waals surface area (Å²) in [5.41, 5.74) is 0. The molecule has 2 heteroatoms. The van der Waals surface area contributed by atoms with Crippen LogP contribution in [0.4, 0.5) is 0 Å². The summed E-state index contributed by atoms with van der Waals surface area (Å²) in [7, 11) is 0. The molecule has 0 saturated heterocycles. The molecule has 0 aliphatic carbocycles. The van der Waals surface area contributed by atoms with Crippen LogP contribution in [0.1, 0.15) is 85.0 Å². The predicted octanol–water partition coefficient (Wildman–Crippen LogP) is 4.43. The fourth-order valence-electron chi connectivity index (χ4n) is 2.01. The van der Waals surface area contributed by atoms with E-state index in [9.17, 15) is 4.79 Å². The molecule has 0 rings (SSSR count). The Labute approximate surface area is 108 Å². The number of carbonyl (C=O) groups is 1. The molecule has 1 unspecified atom stereocenters. The minimum Gasteiger partial charge on any atom is -0.354 e. The summed E-state index contributed by atoms with van der Waals surface area (Å²) < 4.78 is 0. The molecule has 0 radical (unpaired) electrons. The van der Waals surface area contributed by atoms with E-state index in [1.54, 1.807) is 0 Å². The monoisotopic (exact) mass is 241 g/mol. The van der Waals surface area contributed by atoms with E-state index < -0.39 is 0 Å². The average molecular weight is 241 g/mol. The molecule has 0 aromatic rings. The Morgan fingerprint density at radius 1 is 0.941 bits per heavy atom. The lowest BCUT2D eigenvalue weighted by Gasteiger charge is -2.13. The van der Waals surface area contributed by atoms with Crippen LogP contribution in [-0.4, -0.2) is 11.9 Å². The van der Waals surface area contributed by atoms with Crippen LogP contribution in [0.3, 0.4) is 0 Å². The van der Waals surface area contributed by atoms with E-state index in [2.05, 4.69) is 26.1 Å². The molecule has 0 aromatic heterocycles. The molecule has 0 aliphatic heterocycles. The summed E-state index contributed by atoms with van der Waals surface area (Å²) in [5.74, 6) is 0.241. The minimum atomic E-state index is 0.241. The van der Waals surface area contributed by atoms with Crippen molar-refractivity contribution in [2.24, 2.45) is 0 Å². The SMILES string of the molecule is CCCCCCCC(=O)NC(C)CCCCC. The number of nitrogens with one attached hydrogen (secondary N) is 1. The van der Waals surface area contributed by atoms with Gasteiger partial charge in [-0.25, -0.2) is 0 Å². The van der Waals surface area contributed by atoms with Gasteiger partial charge in [-0.3, -0.25) is 4.79 Å². The van der Waals surface area contributed by atoms with E-state index in [1.165, 1.54) is 44.9 Å². The van der Waals surface area contributed by atoms with E-state index in [1.807, 2.05) is 0 Å². The van der Waals surface area contributed by atoms with Gasteiger partial charge in [0.15, 0.2) is 0 Å². The normalized spacial score (nSPS) is 12.4. The lowest BCUT2D eigenvalue weighted by atomic mass is 10.1. The molecular formula is C15H31NO. The van der Waals surface area contributed by atoms with Crippen molar-refractivity contribution in [2.45, 2.75) is 91.0 Å². The molecule has 0 bridgehead atoms. The Balaban J connectivity index is 3.37. The highest BCUT2D eigenvalue weighted by molar-refractivity contribution is 5.76. The van der Waals surface area contributed by atoms with Crippen molar-refractivity contribution in [1.82, 2.24) is 5.32 Å². The van der Waals surface area contributed by atoms with Crippen molar-refractivity contribution in [3.63, 3.8) is 0 Å². The van der Waals surface area contributed by atoms with Crippen LogP contribution in [0.25, 0.3) is 0 Å². The molecule has 0 heterocycles. The molecule has 0 saturated carbocycles. The van der Waals surface area contributed by atoms with Crippen molar-refractivity contribution in [3.05, 3.63) is 0 Å². The zero-order valence-electron chi connectivity index (χ0n) is 12.1. The van der Waals surface area contributed by atoms with Crippen LogP contribution in [0.2, 0.25) is 0 Å². The summed E-state index contributed by atoms with van der Waals surface area (Å²) in [4.78, 5) is 11.6. The highest BCUT2D eigenvalue weighted by atomic mass is 16.1. The Bertz CT molecular complexity index is 180. The third-order valence-corrected chi connectivity index (χ3v) is 3.16. The van der Waals surface area contributed by atoms with Crippen LogP contribution in [-0.2, 0) is 4.79 Å². The van der Waals surface area contributed by atoms with Gasteiger partial charge < -0.3 is 5.32 Å². The number of unbranched alkanes of at least 4 members (excludes halogenated alkanes) is 6. The Hall–Kier alpha value is -0.530. The van der Waals surface area contributed by atoms with Gasteiger partial charge in [-0.1, -0.05) is 58.8 Å². The van der Waals surface area contributed by atoms with Gasteiger partial charge in [-0.2, -0.15) is 0 Å². The summed E-state index contributed by atoms with van der Waals surface area (Å²) in [6.45, 7) is 6.54. The van der Waals surface area contributed by atoms with Gasteiger partial charge >= 0.3 is 0 Å².